The molecule has 3 rings (SSSR count). The van der Waals surface area contributed by atoms with Gasteiger partial charge in [-0.2, -0.15) is 0 Å². The van der Waals surface area contributed by atoms with Crippen LogP contribution in [0.5, 0.6) is 0 Å². The number of hydrogen-bond donors (Lipinski definition) is 1. The summed E-state index contributed by atoms with van der Waals surface area (Å²) in [4.78, 5) is 0. The van der Waals surface area contributed by atoms with E-state index in [2.05, 4.69) is 64.6 Å². The van der Waals surface area contributed by atoms with Gasteiger partial charge in [0.25, 0.3) is 0 Å². The van der Waals surface area contributed by atoms with E-state index in [1.54, 1.807) is 0 Å². The summed E-state index contributed by atoms with van der Waals surface area (Å²) < 4.78 is 7.24. The molecule has 98 valence electrons. The lowest BCUT2D eigenvalue weighted by molar-refractivity contribution is 0.0363. The molecular formula is C16H16BrNO. The van der Waals surface area contributed by atoms with Crippen LogP contribution in [-0.4, -0.2) is 6.04 Å². The first-order chi connectivity index (χ1) is 9.24. The topological polar surface area (TPSA) is 21.3 Å². The minimum absolute atomic E-state index is 0.0340. The molecule has 2 aromatic carbocycles. The summed E-state index contributed by atoms with van der Waals surface area (Å²) in [6, 6.07) is 18.9. The number of rotatable bonds is 2. The van der Waals surface area contributed by atoms with Gasteiger partial charge in [-0.05, 0) is 30.2 Å². The molecule has 19 heavy (non-hydrogen) atoms. The van der Waals surface area contributed by atoms with E-state index in [-0.39, 0.29) is 12.3 Å². The van der Waals surface area contributed by atoms with E-state index in [0.717, 1.165) is 10.0 Å². The lowest BCUT2D eigenvalue weighted by Gasteiger charge is -2.14. The van der Waals surface area contributed by atoms with Crippen LogP contribution < -0.4 is 5.32 Å². The van der Waals surface area contributed by atoms with E-state index >= 15 is 0 Å². The lowest BCUT2D eigenvalue weighted by Crippen LogP contribution is -2.23. The highest BCUT2D eigenvalue weighted by Crippen LogP contribution is 2.34. The molecule has 1 aliphatic rings. The van der Waals surface area contributed by atoms with E-state index in [1.165, 1.54) is 5.56 Å². The average molecular weight is 318 g/mol. The predicted molar refractivity (Wildman–Crippen MR) is 79.7 cm³/mol. The standard InChI is InChI=1S/C16H16BrNO/c1-11-15(12-5-3-2-4-6-12)19-16(18-11)13-7-9-14(17)10-8-13/h2-11,15-16,18H,1H3/t11-,15-,16-/m0/s1. The molecule has 0 amide bonds. The summed E-state index contributed by atoms with van der Waals surface area (Å²) in [7, 11) is 0. The summed E-state index contributed by atoms with van der Waals surface area (Å²) in [5.41, 5.74) is 2.38. The van der Waals surface area contributed by atoms with E-state index in [9.17, 15) is 0 Å². The van der Waals surface area contributed by atoms with Crippen molar-refractivity contribution in [1.82, 2.24) is 5.32 Å². The third-order valence-electron chi connectivity index (χ3n) is 3.45. The van der Waals surface area contributed by atoms with Crippen molar-refractivity contribution in [3.05, 3.63) is 70.2 Å². The van der Waals surface area contributed by atoms with Crippen LogP contribution in [0.15, 0.2) is 59.1 Å². The molecule has 2 nitrogen and oxygen atoms in total. The largest absolute Gasteiger partial charge is 0.350 e. The van der Waals surface area contributed by atoms with Crippen molar-refractivity contribution in [3.63, 3.8) is 0 Å². The van der Waals surface area contributed by atoms with Crippen LogP contribution in [0.1, 0.15) is 30.4 Å². The van der Waals surface area contributed by atoms with Crippen molar-refractivity contribution in [2.75, 3.05) is 0 Å². The van der Waals surface area contributed by atoms with Crippen molar-refractivity contribution in [2.24, 2.45) is 0 Å². The first-order valence-electron chi connectivity index (χ1n) is 6.46. The zero-order chi connectivity index (χ0) is 13.2. The Morgan fingerprint density at radius 2 is 1.63 bits per heavy atom. The van der Waals surface area contributed by atoms with Crippen molar-refractivity contribution >= 4 is 15.9 Å². The Balaban J connectivity index is 1.80. The fraction of sp³-hybridized carbons (Fsp3) is 0.250. The zero-order valence-corrected chi connectivity index (χ0v) is 12.3. The van der Waals surface area contributed by atoms with Gasteiger partial charge in [-0.1, -0.05) is 58.4 Å². The second-order valence-corrected chi connectivity index (χ2v) is 5.77. The molecule has 0 unspecified atom stereocenters. The first-order valence-corrected chi connectivity index (χ1v) is 7.25. The molecule has 2 aromatic rings. The van der Waals surface area contributed by atoms with Crippen molar-refractivity contribution in [2.45, 2.75) is 25.3 Å². The van der Waals surface area contributed by atoms with Gasteiger partial charge in [0.05, 0.1) is 0 Å². The van der Waals surface area contributed by atoms with Gasteiger partial charge in [-0.15, -0.1) is 0 Å². The van der Waals surface area contributed by atoms with Crippen LogP contribution in [0.4, 0.5) is 0 Å². The summed E-state index contributed by atoms with van der Waals surface area (Å²) in [5.74, 6) is 0. The maximum Gasteiger partial charge on any atom is 0.135 e. The normalized spacial score (nSPS) is 26.5. The van der Waals surface area contributed by atoms with E-state index in [4.69, 9.17) is 4.74 Å². The Bertz CT molecular complexity index is 540. The highest BCUT2D eigenvalue weighted by Gasteiger charge is 2.33. The van der Waals surface area contributed by atoms with Crippen LogP contribution in [0.3, 0.4) is 0 Å². The first kappa shape index (κ1) is 12.9. The van der Waals surface area contributed by atoms with Crippen LogP contribution in [0, 0.1) is 0 Å². The third kappa shape index (κ3) is 2.73. The maximum atomic E-state index is 6.16. The molecule has 0 spiro atoms. The van der Waals surface area contributed by atoms with Gasteiger partial charge in [0.15, 0.2) is 0 Å². The highest BCUT2D eigenvalue weighted by atomic mass is 79.9. The minimum atomic E-state index is -0.0340. The molecule has 0 aliphatic carbocycles. The van der Waals surface area contributed by atoms with Crippen molar-refractivity contribution in [1.29, 1.82) is 0 Å². The molecular weight excluding hydrogens is 302 g/mol. The fourth-order valence-electron chi connectivity index (χ4n) is 2.45. The Morgan fingerprint density at radius 1 is 0.947 bits per heavy atom. The SMILES string of the molecule is C[C@@H]1N[C@H](c2ccc(Br)cc2)O[C@@H]1c1ccccc1. The summed E-state index contributed by atoms with van der Waals surface area (Å²) in [6.07, 6.45) is 0.0724. The maximum absolute atomic E-state index is 6.16. The molecule has 3 heteroatoms. The molecule has 0 bridgehead atoms. The van der Waals surface area contributed by atoms with Gasteiger partial charge in [-0.3, -0.25) is 5.32 Å². The molecule has 0 radical (unpaired) electrons. The predicted octanol–water partition coefficient (Wildman–Crippen LogP) is 4.20. The Kier molecular flexibility index (Phi) is 3.69. The summed E-state index contributed by atoms with van der Waals surface area (Å²) in [6.45, 7) is 2.16. The summed E-state index contributed by atoms with van der Waals surface area (Å²) in [5, 5.41) is 3.50. The lowest BCUT2D eigenvalue weighted by atomic mass is 10.0. The molecule has 0 saturated carbocycles. The number of nitrogens with one attached hydrogen (secondary N) is 1. The van der Waals surface area contributed by atoms with E-state index < -0.39 is 0 Å². The van der Waals surface area contributed by atoms with Gasteiger partial charge >= 0.3 is 0 Å². The summed E-state index contributed by atoms with van der Waals surface area (Å²) >= 11 is 3.45. The molecule has 0 aromatic heterocycles. The fourth-order valence-corrected chi connectivity index (χ4v) is 2.72. The third-order valence-corrected chi connectivity index (χ3v) is 3.98. The number of halogens is 1. The van der Waals surface area contributed by atoms with E-state index in [1.807, 2.05) is 18.2 Å². The van der Waals surface area contributed by atoms with Crippen molar-refractivity contribution < 1.29 is 4.74 Å². The quantitative estimate of drug-likeness (QED) is 0.896. The number of hydrogen-bond acceptors (Lipinski definition) is 2. The zero-order valence-electron chi connectivity index (χ0n) is 10.7. The van der Waals surface area contributed by atoms with Gasteiger partial charge in [-0.25, -0.2) is 0 Å². The van der Waals surface area contributed by atoms with Crippen LogP contribution in [0.25, 0.3) is 0 Å². The average Bonchev–Trinajstić information content (AvgIpc) is 2.83. The Morgan fingerprint density at radius 3 is 2.32 bits per heavy atom. The smallest absolute Gasteiger partial charge is 0.135 e. The highest BCUT2D eigenvalue weighted by molar-refractivity contribution is 9.10. The molecule has 1 aliphatic heterocycles. The Hall–Kier alpha value is -1.16. The minimum Gasteiger partial charge on any atom is -0.350 e. The van der Waals surface area contributed by atoms with Crippen molar-refractivity contribution in [3.8, 4) is 0 Å². The molecule has 1 heterocycles. The number of ether oxygens (including phenoxy) is 1. The van der Waals surface area contributed by atoms with Gasteiger partial charge in [0.2, 0.25) is 0 Å². The van der Waals surface area contributed by atoms with Gasteiger partial charge < -0.3 is 4.74 Å². The van der Waals surface area contributed by atoms with Crippen LogP contribution in [-0.2, 0) is 4.74 Å². The van der Waals surface area contributed by atoms with Crippen LogP contribution in [0.2, 0.25) is 0 Å². The second kappa shape index (κ2) is 5.45. The molecule has 1 N–H and O–H groups in total. The molecule has 3 atom stereocenters. The molecule has 1 fully saturated rings. The second-order valence-electron chi connectivity index (χ2n) is 4.85. The van der Waals surface area contributed by atoms with Gasteiger partial charge in [0.1, 0.15) is 12.3 Å². The molecule has 1 saturated heterocycles. The number of benzene rings is 2. The monoisotopic (exact) mass is 317 g/mol. The van der Waals surface area contributed by atoms with Crippen LogP contribution >= 0.6 is 15.9 Å². The van der Waals surface area contributed by atoms with Gasteiger partial charge in [0, 0.05) is 10.5 Å². The Labute approximate surface area is 121 Å². The van der Waals surface area contributed by atoms with E-state index in [0.29, 0.717) is 6.04 Å².